The number of nitrogens with zero attached hydrogens (tertiary/aromatic N) is 4. The Balaban J connectivity index is 1.49. The van der Waals surface area contributed by atoms with E-state index in [2.05, 4.69) is 78.0 Å². The Kier molecular flexibility index (Phi) is 6.07. The van der Waals surface area contributed by atoms with Gasteiger partial charge in [0.2, 0.25) is 0 Å². The van der Waals surface area contributed by atoms with E-state index < -0.39 is 0 Å². The number of hydrogen-bond donors (Lipinski definition) is 1. The molecule has 0 amide bonds. The molecule has 1 aliphatic heterocycles. The van der Waals surface area contributed by atoms with E-state index >= 15 is 0 Å². The number of fused-ring (bicyclic) bond motifs is 1. The quantitative estimate of drug-likeness (QED) is 0.700. The van der Waals surface area contributed by atoms with Gasteiger partial charge >= 0.3 is 0 Å². The number of pyridine rings is 1. The molecule has 152 valence electrons. The molecule has 0 bridgehead atoms. The molecule has 3 aromatic rings. The molecule has 0 atom stereocenters. The van der Waals surface area contributed by atoms with Crippen LogP contribution in [0, 0.1) is 13.8 Å². The predicted molar refractivity (Wildman–Crippen MR) is 120 cm³/mol. The molecular formula is C24H31N5. The topological polar surface area (TPSA) is 46.0 Å². The van der Waals surface area contributed by atoms with Crippen LogP contribution in [0.25, 0.3) is 17.2 Å². The van der Waals surface area contributed by atoms with Crippen LogP contribution in [0.15, 0.2) is 36.4 Å². The van der Waals surface area contributed by atoms with Crippen molar-refractivity contribution in [2.75, 3.05) is 32.7 Å². The molecule has 5 heteroatoms. The summed E-state index contributed by atoms with van der Waals surface area (Å²) in [5.41, 5.74) is 6.80. The highest BCUT2D eigenvalue weighted by Gasteiger charge is 2.13. The Morgan fingerprint density at radius 3 is 2.55 bits per heavy atom. The molecular weight excluding hydrogens is 358 g/mol. The fourth-order valence-corrected chi connectivity index (χ4v) is 4.03. The summed E-state index contributed by atoms with van der Waals surface area (Å²) in [6.45, 7) is 12.6. The van der Waals surface area contributed by atoms with Gasteiger partial charge in [0, 0.05) is 44.8 Å². The molecule has 5 nitrogen and oxygen atoms in total. The molecule has 3 heterocycles. The van der Waals surface area contributed by atoms with Gasteiger partial charge in [-0.25, -0.2) is 9.97 Å². The molecule has 1 N–H and O–H groups in total. The fraction of sp³-hybridized carbons (Fsp3) is 0.417. The molecule has 1 fully saturated rings. The largest absolute Gasteiger partial charge is 0.314 e. The maximum Gasteiger partial charge on any atom is 0.160 e. The van der Waals surface area contributed by atoms with Gasteiger partial charge in [0.15, 0.2) is 5.65 Å². The number of piperazine rings is 1. The van der Waals surface area contributed by atoms with Crippen LogP contribution in [0.5, 0.6) is 0 Å². The average molecular weight is 390 g/mol. The minimum absolute atomic E-state index is 0.806. The Morgan fingerprint density at radius 1 is 1.07 bits per heavy atom. The number of nitrogens with one attached hydrogen (secondary N) is 1. The summed E-state index contributed by atoms with van der Waals surface area (Å²) in [5.74, 6) is 1.10. The maximum absolute atomic E-state index is 4.85. The van der Waals surface area contributed by atoms with E-state index in [4.69, 9.17) is 9.97 Å². The summed E-state index contributed by atoms with van der Waals surface area (Å²) in [5, 5.41) is 3.40. The molecule has 29 heavy (non-hydrogen) atoms. The molecule has 1 aliphatic rings. The summed E-state index contributed by atoms with van der Waals surface area (Å²) < 4.78 is 2.27. The lowest BCUT2D eigenvalue weighted by atomic mass is 10.1. The third kappa shape index (κ3) is 4.57. The highest BCUT2D eigenvalue weighted by atomic mass is 15.2. The molecule has 1 aromatic carbocycles. The van der Waals surface area contributed by atoms with Crippen LogP contribution in [-0.2, 0) is 13.0 Å². The zero-order valence-corrected chi connectivity index (χ0v) is 17.8. The Morgan fingerprint density at radius 2 is 1.83 bits per heavy atom. The lowest BCUT2D eigenvalue weighted by Gasteiger charge is -2.25. The number of rotatable bonds is 6. The van der Waals surface area contributed by atoms with E-state index in [0.29, 0.717) is 0 Å². The smallest absolute Gasteiger partial charge is 0.160 e. The van der Waals surface area contributed by atoms with Crippen LogP contribution in [0.1, 0.15) is 35.1 Å². The van der Waals surface area contributed by atoms with Crippen molar-refractivity contribution in [3.63, 3.8) is 0 Å². The van der Waals surface area contributed by atoms with E-state index in [1.165, 1.54) is 16.7 Å². The van der Waals surface area contributed by atoms with E-state index in [9.17, 15) is 0 Å². The minimum Gasteiger partial charge on any atom is -0.314 e. The Hall–Kier alpha value is -2.50. The Bertz CT molecular complexity index is 994. The summed E-state index contributed by atoms with van der Waals surface area (Å²) in [6, 6.07) is 11.0. The van der Waals surface area contributed by atoms with Crippen molar-refractivity contribution in [1.82, 2.24) is 24.8 Å². The van der Waals surface area contributed by atoms with E-state index in [1.54, 1.807) is 0 Å². The first kappa shape index (κ1) is 19.8. The third-order valence-electron chi connectivity index (χ3n) is 5.62. The molecule has 0 unspecified atom stereocenters. The molecule has 0 radical (unpaired) electrons. The molecule has 2 aromatic heterocycles. The summed E-state index contributed by atoms with van der Waals surface area (Å²) in [6.07, 6.45) is 5.40. The van der Waals surface area contributed by atoms with Gasteiger partial charge in [-0.2, -0.15) is 0 Å². The van der Waals surface area contributed by atoms with Gasteiger partial charge in [0.25, 0.3) is 0 Å². The van der Waals surface area contributed by atoms with Gasteiger partial charge in [-0.15, -0.1) is 0 Å². The number of benzene rings is 1. The van der Waals surface area contributed by atoms with E-state index in [-0.39, 0.29) is 0 Å². The standard InChI is InChI=1S/C24H31N5/c1-4-22-27-23-18(2)16-19(3)26-24(23)29(22)17-21-9-7-20(8-10-21)6-5-13-28-14-11-25-12-15-28/h5-10,16,25H,4,11-15,17H2,1-3H3/b6-5+. The zero-order chi connectivity index (χ0) is 20.2. The molecule has 0 aliphatic carbocycles. The highest BCUT2D eigenvalue weighted by molar-refractivity contribution is 5.76. The SMILES string of the molecule is CCc1nc2c(C)cc(C)nc2n1Cc1ccc(/C=C/CN2CCNCC2)cc1. The summed E-state index contributed by atoms with van der Waals surface area (Å²) in [7, 11) is 0. The van der Waals surface area contributed by atoms with Crippen molar-refractivity contribution in [2.45, 2.75) is 33.7 Å². The highest BCUT2D eigenvalue weighted by Crippen LogP contribution is 2.21. The Labute approximate surface area is 173 Å². The summed E-state index contributed by atoms with van der Waals surface area (Å²) in [4.78, 5) is 12.1. The first-order valence-corrected chi connectivity index (χ1v) is 10.7. The fourth-order valence-electron chi connectivity index (χ4n) is 4.03. The van der Waals surface area contributed by atoms with Crippen LogP contribution in [0.3, 0.4) is 0 Å². The van der Waals surface area contributed by atoms with Gasteiger partial charge in [-0.3, -0.25) is 4.90 Å². The molecule has 0 spiro atoms. The number of hydrogen-bond acceptors (Lipinski definition) is 4. The molecule has 4 rings (SSSR count). The van der Waals surface area contributed by atoms with E-state index in [1.807, 2.05) is 0 Å². The zero-order valence-electron chi connectivity index (χ0n) is 17.8. The lowest BCUT2D eigenvalue weighted by molar-refractivity contribution is 0.265. The predicted octanol–water partition coefficient (Wildman–Crippen LogP) is 3.58. The second-order valence-electron chi connectivity index (χ2n) is 7.92. The number of imidazole rings is 1. The monoisotopic (exact) mass is 389 g/mol. The van der Waals surface area contributed by atoms with Crippen LogP contribution >= 0.6 is 0 Å². The molecule has 0 saturated carbocycles. The average Bonchev–Trinajstić information content (AvgIpc) is 3.08. The normalized spacial score (nSPS) is 15.6. The third-order valence-corrected chi connectivity index (χ3v) is 5.62. The number of aryl methyl sites for hydroxylation is 3. The van der Waals surface area contributed by atoms with Crippen molar-refractivity contribution in [3.8, 4) is 0 Å². The maximum atomic E-state index is 4.85. The van der Waals surface area contributed by atoms with Crippen molar-refractivity contribution in [2.24, 2.45) is 0 Å². The van der Waals surface area contributed by atoms with Gasteiger partial charge in [0.1, 0.15) is 11.3 Å². The van der Waals surface area contributed by atoms with Gasteiger partial charge in [-0.05, 0) is 36.6 Å². The second kappa shape index (κ2) is 8.89. The van der Waals surface area contributed by atoms with Crippen LogP contribution in [0.4, 0.5) is 0 Å². The van der Waals surface area contributed by atoms with Crippen LogP contribution in [-0.4, -0.2) is 52.2 Å². The lowest BCUT2D eigenvalue weighted by Crippen LogP contribution is -2.43. The van der Waals surface area contributed by atoms with Gasteiger partial charge in [0.05, 0.1) is 6.54 Å². The van der Waals surface area contributed by atoms with E-state index in [0.717, 1.165) is 68.4 Å². The van der Waals surface area contributed by atoms with Crippen molar-refractivity contribution < 1.29 is 0 Å². The van der Waals surface area contributed by atoms with Crippen LogP contribution < -0.4 is 5.32 Å². The number of aromatic nitrogens is 3. The second-order valence-corrected chi connectivity index (χ2v) is 7.92. The van der Waals surface area contributed by atoms with Crippen molar-refractivity contribution >= 4 is 17.2 Å². The summed E-state index contributed by atoms with van der Waals surface area (Å²) >= 11 is 0. The van der Waals surface area contributed by atoms with Crippen molar-refractivity contribution in [3.05, 3.63) is 64.6 Å². The minimum atomic E-state index is 0.806. The first-order chi connectivity index (χ1) is 14.1. The van der Waals surface area contributed by atoms with Crippen molar-refractivity contribution in [1.29, 1.82) is 0 Å². The van der Waals surface area contributed by atoms with Crippen LogP contribution in [0.2, 0.25) is 0 Å². The van der Waals surface area contributed by atoms with Gasteiger partial charge in [-0.1, -0.05) is 43.3 Å². The first-order valence-electron chi connectivity index (χ1n) is 10.7. The molecule has 1 saturated heterocycles. The van der Waals surface area contributed by atoms with Gasteiger partial charge < -0.3 is 9.88 Å².